The summed E-state index contributed by atoms with van der Waals surface area (Å²) in [6.07, 6.45) is 0. The lowest BCUT2D eigenvalue weighted by Gasteiger charge is -2.03. The fraction of sp³-hybridized carbons (Fsp3) is 0.200. The first-order valence-corrected chi connectivity index (χ1v) is 5.40. The molecule has 1 aromatic carbocycles. The Morgan fingerprint density at radius 2 is 2.40 bits per heavy atom. The molecule has 0 bridgehead atoms. The molecule has 0 radical (unpaired) electrons. The summed E-state index contributed by atoms with van der Waals surface area (Å²) in [6.45, 7) is 2.56. The minimum absolute atomic E-state index is 0.146. The van der Waals surface area contributed by atoms with Gasteiger partial charge >= 0.3 is 4.87 Å². The molecule has 5 heteroatoms. The van der Waals surface area contributed by atoms with E-state index in [0.29, 0.717) is 11.6 Å². The third kappa shape index (κ3) is 2.24. The molecule has 1 heterocycles. The van der Waals surface area contributed by atoms with E-state index in [4.69, 9.17) is 4.74 Å². The molecule has 1 N–H and O–H groups in total. The second-order valence-corrected chi connectivity index (χ2v) is 3.84. The van der Waals surface area contributed by atoms with Crippen LogP contribution in [0.1, 0.15) is 6.92 Å². The van der Waals surface area contributed by atoms with E-state index < -0.39 is 0 Å². The molecule has 0 amide bonds. The van der Waals surface area contributed by atoms with Crippen LogP contribution in [0.3, 0.4) is 0 Å². The molecule has 0 spiro atoms. The SMILES string of the molecule is CCOc1cccc(-c2n[nH]c(=O)s2)c1. The van der Waals surface area contributed by atoms with Gasteiger partial charge in [0.1, 0.15) is 10.8 Å². The first-order valence-electron chi connectivity index (χ1n) is 4.58. The topological polar surface area (TPSA) is 55.0 Å². The van der Waals surface area contributed by atoms with Crippen LogP contribution in [-0.2, 0) is 0 Å². The number of hydrogen-bond donors (Lipinski definition) is 1. The molecule has 4 nitrogen and oxygen atoms in total. The van der Waals surface area contributed by atoms with Gasteiger partial charge in [-0.25, -0.2) is 5.10 Å². The summed E-state index contributed by atoms with van der Waals surface area (Å²) >= 11 is 1.09. The molecule has 0 aliphatic carbocycles. The van der Waals surface area contributed by atoms with Crippen molar-refractivity contribution in [2.24, 2.45) is 0 Å². The molecular weight excluding hydrogens is 212 g/mol. The monoisotopic (exact) mass is 222 g/mol. The van der Waals surface area contributed by atoms with Crippen molar-refractivity contribution in [2.45, 2.75) is 6.92 Å². The van der Waals surface area contributed by atoms with Gasteiger partial charge in [0.25, 0.3) is 0 Å². The van der Waals surface area contributed by atoms with E-state index in [0.717, 1.165) is 22.6 Å². The van der Waals surface area contributed by atoms with Gasteiger partial charge in [-0.2, -0.15) is 5.10 Å². The van der Waals surface area contributed by atoms with E-state index in [-0.39, 0.29) is 4.87 Å². The molecule has 2 rings (SSSR count). The Bertz CT molecular complexity index is 504. The average molecular weight is 222 g/mol. The Morgan fingerprint density at radius 1 is 1.53 bits per heavy atom. The number of benzene rings is 1. The van der Waals surface area contributed by atoms with Gasteiger partial charge in [0.05, 0.1) is 6.61 Å². The minimum Gasteiger partial charge on any atom is -0.494 e. The van der Waals surface area contributed by atoms with Gasteiger partial charge in [-0.05, 0) is 19.1 Å². The van der Waals surface area contributed by atoms with Crippen LogP contribution in [0.4, 0.5) is 0 Å². The maximum atomic E-state index is 10.9. The molecule has 0 unspecified atom stereocenters. The Kier molecular flexibility index (Phi) is 2.82. The minimum atomic E-state index is -0.146. The lowest BCUT2D eigenvalue weighted by molar-refractivity contribution is 0.340. The van der Waals surface area contributed by atoms with Gasteiger partial charge in [-0.3, -0.25) is 4.79 Å². The van der Waals surface area contributed by atoms with Crippen LogP contribution in [0.5, 0.6) is 5.75 Å². The number of nitrogens with zero attached hydrogens (tertiary/aromatic N) is 1. The zero-order valence-corrected chi connectivity index (χ0v) is 9.00. The standard InChI is InChI=1S/C10H10N2O2S/c1-2-14-8-5-3-4-7(6-8)9-11-12-10(13)15-9/h3-6H,2H2,1H3,(H,12,13). The predicted molar refractivity (Wildman–Crippen MR) is 59.3 cm³/mol. The van der Waals surface area contributed by atoms with Gasteiger partial charge < -0.3 is 4.74 Å². The fourth-order valence-electron chi connectivity index (χ4n) is 1.24. The molecular formula is C10H10N2O2S. The van der Waals surface area contributed by atoms with Gasteiger partial charge in [-0.1, -0.05) is 23.5 Å². The van der Waals surface area contributed by atoms with Gasteiger partial charge in [0, 0.05) is 5.56 Å². The van der Waals surface area contributed by atoms with Gasteiger partial charge in [0.2, 0.25) is 0 Å². The van der Waals surface area contributed by atoms with Crippen molar-refractivity contribution in [2.75, 3.05) is 6.61 Å². The molecule has 15 heavy (non-hydrogen) atoms. The number of H-pyrrole nitrogens is 1. The maximum Gasteiger partial charge on any atom is 0.322 e. The summed E-state index contributed by atoms with van der Waals surface area (Å²) in [5, 5.41) is 6.99. The predicted octanol–water partition coefficient (Wildman–Crippen LogP) is 1.90. The summed E-state index contributed by atoms with van der Waals surface area (Å²) in [5.41, 5.74) is 0.893. The van der Waals surface area contributed by atoms with Crippen molar-refractivity contribution in [3.05, 3.63) is 33.9 Å². The molecule has 2 aromatic rings. The highest BCUT2D eigenvalue weighted by Gasteiger charge is 2.04. The quantitative estimate of drug-likeness (QED) is 0.862. The Hall–Kier alpha value is -1.62. The number of ether oxygens (including phenoxy) is 1. The van der Waals surface area contributed by atoms with E-state index in [1.807, 2.05) is 31.2 Å². The first kappa shape index (κ1) is 9.92. The van der Waals surface area contributed by atoms with Crippen molar-refractivity contribution in [1.82, 2.24) is 10.2 Å². The summed E-state index contributed by atoms with van der Waals surface area (Å²) in [7, 11) is 0. The van der Waals surface area contributed by atoms with E-state index in [9.17, 15) is 4.79 Å². The Morgan fingerprint density at radius 3 is 3.07 bits per heavy atom. The molecule has 0 atom stereocenters. The number of aromatic amines is 1. The Labute approximate surface area is 90.5 Å². The smallest absolute Gasteiger partial charge is 0.322 e. The number of nitrogens with one attached hydrogen (secondary N) is 1. The lowest BCUT2D eigenvalue weighted by Crippen LogP contribution is -1.91. The van der Waals surface area contributed by atoms with Crippen LogP contribution in [0.25, 0.3) is 10.6 Å². The summed E-state index contributed by atoms with van der Waals surface area (Å²) in [6, 6.07) is 7.53. The van der Waals surface area contributed by atoms with Crippen molar-refractivity contribution < 1.29 is 4.74 Å². The summed E-state index contributed by atoms with van der Waals surface area (Å²) in [5.74, 6) is 0.789. The number of hydrogen-bond acceptors (Lipinski definition) is 4. The largest absolute Gasteiger partial charge is 0.494 e. The lowest BCUT2D eigenvalue weighted by atomic mass is 10.2. The molecule has 0 fully saturated rings. The normalized spacial score (nSPS) is 10.2. The molecule has 0 aliphatic heterocycles. The third-order valence-electron chi connectivity index (χ3n) is 1.83. The van der Waals surface area contributed by atoms with E-state index in [1.165, 1.54) is 0 Å². The number of aromatic nitrogens is 2. The van der Waals surface area contributed by atoms with Crippen LogP contribution in [-0.4, -0.2) is 16.8 Å². The van der Waals surface area contributed by atoms with E-state index in [2.05, 4.69) is 10.2 Å². The molecule has 0 aliphatic rings. The zero-order valence-electron chi connectivity index (χ0n) is 8.19. The second-order valence-electron chi connectivity index (χ2n) is 2.88. The highest BCUT2D eigenvalue weighted by molar-refractivity contribution is 7.12. The van der Waals surface area contributed by atoms with Gasteiger partial charge in [0.15, 0.2) is 0 Å². The molecule has 0 saturated heterocycles. The highest BCUT2D eigenvalue weighted by atomic mass is 32.1. The van der Waals surface area contributed by atoms with Crippen molar-refractivity contribution in [3.63, 3.8) is 0 Å². The van der Waals surface area contributed by atoms with Crippen molar-refractivity contribution in [1.29, 1.82) is 0 Å². The zero-order chi connectivity index (χ0) is 10.7. The molecule has 0 saturated carbocycles. The summed E-state index contributed by atoms with van der Waals surface area (Å²) < 4.78 is 5.36. The Balaban J connectivity index is 2.36. The average Bonchev–Trinajstić information content (AvgIpc) is 2.66. The molecule has 78 valence electrons. The molecule has 1 aromatic heterocycles. The van der Waals surface area contributed by atoms with Crippen LogP contribution >= 0.6 is 11.3 Å². The van der Waals surface area contributed by atoms with Crippen LogP contribution in [0.15, 0.2) is 29.1 Å². The van der Waals surface area contributed by atoms with E-state index in [1.54, 1.807) is 0 Å². The fourth-order valence-corrected chi connectivity index (χ4v) is 1.84. The third-order valence-corrected chi connectivity index (χ3v) is 2.63. The van der Waals surface area contributed by atoms with Gasteiger partial charge in [-0.15, -0.1) is 0 Å². The number of rotatable bonds is 3. The van der Waals surface area contributed by atoms with Crippen LogP contribution < -0.4 is 9.61 Å². The summed E-state index contributed by atoms with van der Waals surface area (Å²) in [4.78, 5) is 10.8. The maximum absolute atomic E-state index is 10.9. The van der Waals surface area contributed by atoms with Crippen molar-refractivity contribution in [3.8, 4) is 16.3 Å². The highest BCUT2D eigenvalue weighted by Crippen LogP contribution is 2.23. The van der Waals surface area contributed by atoms with Crippen LogP contribution in [0, 0.1) is 0 Å². The first-order chi connectivity index (χ1) is 7.29. The van der Waals surface area contributed by atoms with Crippen LogP contribution in [0.2, 0.25) is 0 Å². The van der Waals surface area contributed by atoms with E-state index >= 15 is 0 Å². The van der Waals surface area contributed by atoms with Crippen molar-refractivity contribution >= 4 is 11.3 Å². The second kappa shape index (κ2) is 4.27.